The number of benzene rings is 3. The van der Waals surface area contributed by atoms with E-state index in [1.807, 2.05) is 42.5 Å². The van der Waals surface area contributed by atoms with E-state index in [0.29, 0.717) is 23.6 Å². The number of hydrogen-bond donors (Lipinski definition) is 1. The van der Waals surface area contributed by atoms with E-state index < -0.39 is 0 Å². The first-order valence-corrected chi connectivity index (χ1v) is 11.3. The first-order chi connectivity index (χ1) is 16.2. The van der Waals surface area contributed by atoms with Crippen molar-refractivity contribution in [2.45, 2.75) is 11.7 Å². The molecule has 0 unspecified atom stereocenters. The fourth-order valence-corrected chi connectivity index (χ4v) is 4.17. The summed E-state index contributed by atoms with van der Waals surface area (Å²) in [5.74, 6) is 1.27. The molecule has 0 fully saturated rings. The van der Waals surface area contributed by atoms with Crippen LogP contribution in [0.1, 0.15) is 11.1 Å². The van der Waals surface area contributed by atoms with Crippen LogP contribution < -0.4 is 14.9 Å². The van der Waals surface area contributed by atoms with E-state index in [2.05, 4.69) is 27.2 Å². The zero-order valence-electron chi connectivity index (χ0n) is 18.4. The zero-order chi connectivity index (χ0) is 23.0. The molecule has 0 spiro atoms. The number of hydrogen-bond acceptors (Lipinski definition) is 6. The van der Waals surface area contributed by atoms with Crippen LogP contribution in [0.5, 0.6) is 11.5 Å². The normalized spacial score (nSPS) is 11.1. The second-order valence-corrected chi connectivity index (χ2v) is 8.09. The van der Waals surface area contributed by atoms with Crippen molar-refractivity contribution >= 4 is 34.9 Å². The molecule has 33 heavy (non-hydrogen) atoms. The average Bonchev–Trinajstić information content (AvgIpc) is 3.20. The van der Waals surface area contributed by atoms with E-state index in [4.69, 9.17) is 14.5 Å². The maximum atomic E-state index is 12.4. The van der Waals surface area contributed by atoms with E-state index in [0.717, 1.165) is 16.2 Å². The molecule has 1 heterocycles. The Bertz CT molecular complexity index is 1270. The number of ether oxygens (including phenoxy) is 2. The summed E-state index contributed by atoms with van der Waals surface area (Å²) >= 11 is 1.38. The number of methoxy groups -OCH3 is 2. The molecule has 1 amide bonds. The van der Waals surface area contributed by atoms with Gasteiger partial charge in [0.1, 0.15) is 11.5 Å². The Kier molecular flexibility index (Phi) is 7.26. The number of amides is 1. The number of rotatable bonds is 9. The molecular formula is C25H24N4O3S. The number of carbonyl (C=O) groups excluding carboxylic acids is 1. The maximum absolute atomic E-state index is 12.4. The van der Waals surface area contributed by atoms with E-state index in [-0.39, 0.29) is 11.7 Å². The Balaban J connectivity index is 1.44. The van der Waals surface area contributed by atoms with Crippen molar-refractivity contribution in [3.8, 4) is 11.5 Å². The molecule has 7 nitrogen and oxygen atoms in total. The fourth-order valence-electron chi connectivity index (χ4n) is 3.36. The van der Waals surface area contributed by atoms with Gasteiger partial charge in [0.15, 0.2) is 5.16 Å². The molecule has 0 bridgehead atoms. The molecule has 0 aliphatic rings. The van der Waals surface area contributed by atoms with Gasteiger partial charge in [-0.2, -0.15) is 5.10 Å². The molecule has 1 N–H and O–H groups in total. The van der Waals surface area contributed by atoms with Gasteiger partial charge in [-0.15, -0.1) is 0 Å². The lowest BCUT2D eigenvalue weighted by atomic mass is 10.2. The van der Waals surface area contributed by atoms with E-state index in [9.17, 15) is 4.79 Å². The van der Waals surface area contributed by atoms with Crippen molar-refractivity contribution in [1.82, 2.24) is 15.0 Å². The first-order valence-electron chi connectivity index (χ1n) is 10.3. The van der Waals surface area contributed by atoms with Crippen molar-refractivity contribution in [2.75, 3.05) is 20.0 Å². The highest BCUT2D eigenvalue weighted by atomic mass is 32.2. The lowest BCUT2D eigenvalue weighted by Crippen LogP contribution is -2.20. The summed E-state index contributed by atoms with van der Waals surface area (Å²) in [5, 5.41) is 4.86. The van der Waals surface area contributed by atoms with Gasteiger partial charge < -0.3 is 14.0 Å². The van der Waals surface area contributed by atoms with Gasteiger partial charge in [-0.25, -0.2) is 10.4 Å². The van der Waals surface area contributed by atoms with Crippen molar-refractivity contribution < 1.29 is 14.3 Å². The van der Waals surface area contributed by atoms with Crippen LogP contribution in [0.3, 0.4) is 0 Å². The lowest BCUT2D eigenvalue weighted by Gasteiger charge is -2.09. The van der Waals surface area contributed by atoms with Crippen molar-refractivity contribution in [2.24, 2.45) is 5.10 Å². The highest BCUT2D eigenvalue weighted by Gasteiger charge is 2.13. The van der Waals surface area contributed by atoms with Crippen LogP contribution in [0.15, 0.2) is 83.1 Å². The molecule has 0 atom stereocenters. The molecule has 0 saturated heterocycles. The maximum Gasteiger partial charge on any atom is 0.250 e. The predicted molar refractivity (Wildman–Crippen MR) is 131 cm³/mol. The van der Waals surface area contributed by atoms with Crippen LogP contribution in [0.4, 0.5) is 0 Å². The minimum atomic E-state index is -0.226. The van der Waals surface area contributed by atoms with Crippen molar-refractivity contribution in [3.63, 3.8) is 0 Å². The number of imidazole rings is 1. The SMILES string of the molecule is COc1ccc(OC)c(C=NNC(=O)CSc2nc3ccccc3n2Cc2ccccc2)c1. The Morgan fingerprint density at radius 2 is 1.85 bits per heavy atom. The van der Waals surface area contributed by atoms with Gasteiger partial charge in [-0.1, -0.05) is 54.2 Å². The summed E-state index contributed by atoms with van der Waals surface area (Å²) in [6.45, 7) is 0.680. The minimum absolute atomic E-state index is 0.185. The van der Waals surface area contributed by atoms with E-state index >= 15 is 0 Å². The van der Waals surface area contributed by atoms with E-state index in [1.54, 1.807) is 32.4 Å². The average molecular weight is 461 g/mol. The predicted octanol–water partition coefficient (Wildman–Crippen LogP) is 4.34. The summed E-state index contributed by atoms with van der Waals surface area (Å²) in [5.41, 5.74) is 6.38. The van der Waals surface area contributed by atoms with Crippen LogP contribution in [0.2, 0.25) is 0 Å². The molecular weight excluding hydrogens is 436 g/mol. The number of para-hydroxylation sites is 2. The number of aromatic nitrogens is 2. The third-order valence-electron chi connectivity index (χ3n) is 4.97. The van der Waals surface area contributed by atoms with Crippen LogP contribution in [0, 0.1) is 0 Å². The van der Waals surface area contributed by atoms with Gasteiger partial charge in [0, 0.05) is 5.56 Å². The van der Waals surface area contributed by atoms with Gasteiger partial charge in [-0.3, -0.25) is 4.79 Å². The van der Waals surface area contributed by atoms with Crippen molar-refractivity contribution in [1.29, 1.82) is 0 Å². The van der Waals surface area contributed by atoms with Gasteiger partial charge in [0.05, 0.1) is 43.8 Å². The van der Waals surface area contributed by atoms with Gasteiger partial charge >= 0.3 is 0 Å². The number of fused-ring (bicyclic) bond motifs is 1. The first kappa shape index (κ1) is 22.4. The Hall–Kier alpha value is -3.78. The number of carbonyl (C=O) groups is 1. The number of nitrogens with zero attached hydrogens (tertiary/aromatic N) is 3. The van der Waals surface area contributed by atoms with Gasteiger partial charge in [0.25, 0.3) is 5.91 Å². The minimum Gasteiger partial charge on any atom is -0.497 e. The lowest BCUT2D eigenvalue weighted by molar-refractivity contribution is -0.118. The third-order valence-corrected chi connectivity index (χ3v) is 5.94. The van der Waals surface area contributed by atoms with Crippen LogP contribution >= 0.6 is 11.8 Å². The molecule has 8 heteroatoms. The van der Waals surface area contributed by atoms with E-state index in [1.165, 1.54) is 23.5 Å². The Labute approximate surface area is 196 Å². The molecule has 3 aromatic carbocycles. The number of nitrogens with one attached hydrogen (secondary N) is 1. The standard InChI is InChI=1S/C25H24N4O3S/c1-31-20-12-13-23(32-2)19(14-20)15-26-28-24(30)17-33-25-27-21-10-6-7-11-22(21)29(25)16-18-8-4-3-5-9-18/h3-15H,16-17H2,1-2H3,(H,28,30). The van der Waals surface area contributed by atoms with Crippen LogP contribution in [-0.2, 0) is 11.3 Å². The Morgan fingerprint density at radius 1 is 1.06 bits per heavy atom. The molecule has 0 saturated carbocycles. The van der Waals surface area contributed by atoms with Gasteiger partial charge in [0.2, 0.25) is 0 Å². The van der Waals surface area contributed by atoms with Crippen LogP contribution in [-0.4, -0.2) is 41.6 Å². The highest BCUT2D eigenvalue weighted by Crippen LogP contribution is 2.25. The second-order valence-electron chi connectivity index (χ2n) is 7.14. The summed E-state index contributed by atoms with van der Waals surface area (Å²) in [4.78, 5) is 17.2. The smallest absolute Gasteiger partial charge is 0.250 e. The molecule has 1 aromatic heterocycles. The molecule has 0 radical (unpaired) electrons. The molecule has 168 valence electrons. The topological polar surface area (TPSA) is 77.7 Å². The molecule has 4 aromatic rings. The molecule has 0 aliphatic heterocycles. The quantitative estimate of drug-likeness (QED) is 0.228. The van der Waals surface area contributed by atoms with Gasteiger partial charge in [-0.05, 0) is 35.9 Å². The third kappa shape index (κ3) is 5.53. The highest BCUT2D eigenvalue weighted by molar-refractivity contribution is 7.99. The summed E-state index contributed by atoms with van der Waals surface area (Å²) in [6.07, 6.45) is 1.54. The zero-order valence-corrected chi connectivity index (χ0v) is 19.2. The monoisotopic (exact) mass is 460 g/mol. The second kappa shape index (κ2) is 10.7. The summed E-state index contributed by atoms with van der Waals surface area (Å²) in [7, 11) is 3.17. The Morgan fingerprint density at radius 3 is 2.64 bits per heavy atom. The number of thioether (sulfide) groups is 1. The molecule has 0 aliphatic carbocycles. The van der Waals surface area contributed by atoms with Crippen molar-refractivity contribution in [3.05, 3.63) is 83.9 Å². The number of hydrazone groups is 1. The largest absolute Gasteiger partial charge is 0.497 e. The summed E-state index contributed by atoms with van der Waals surface area (Å²) in [6, 6.07) is 23.5. The summed E-state index contributed by atoms with van der Waals surface area (Å²) < 4.78 is 12.7. The van der Waals surface area contributed by atoms with Crippen LogP contribution in [0.25, 0.3) is 11.0 Å². The fraction of sp³-hybridized carbons (Fsp3) is 0.160. The molecule has 4 rings (SSSR count).